The highest BCUT2D eigenvalue weighted by atomic mass is 19.4. The van der Waals surface area contributed by atoms with Gasteiger partial charge in [0, 0.05) is 0 Å². The molecule has 0 amide bonds. The van der Waals surface area contributed by atoms with Crippen molar-refractivity contribution in [2.24, 2.45) is 0 Å². The predicted molar refractivity (Wildman–Crippen MR) is 148 cm³/mol. The first kappa shape index (κ1) is 35.7. The van der Waals surface area contributed by atoms with E-state index in [4.69, 9.17) is 9.47 Å². The van der Waals surface area contributed by atoms with Gasteiger partial charge in [-0.3, -0.25) is 0 Å². The lowest BCUT2D eigenvalue weighted by atomic mass is 10.0. The lowest BCUT2D eigenvalue weighted by molar-refractivity contribution is -0.274. The monoisotopic (exact) mass is 556 g/mol. The second kappa shape index (κ2) is 18.9. The normalized spacial score (nSPS) is 10.2. The van der Waals surface area contributed by atoms with Gasteiger partial charge in [0.1, 0.15) is 5.75 Å². The van der Waals surface area contributed by atoms with Crippen molar-refractivity contribution in [3.8, 4) is 17.2 Å². The maximum atomic E-state index is 13.3. The first-order valence-electron chi connectivity index (χ1n) is 13.0. The first-order valence-corrected chi connectivity index (χ1v) is 13.0. The van der Waals surface area contributed by atoms with E-state index in [9.17, 15) is 22.0 Å². The summed E-state index contributed by atoms with van der Waals surface area (Å²) in [6, 6.07) is 16.1. The van der Waals surface area contributed by atoms with E-state index < -0.39 is 6.36 Å². The molecular weight excluding hydrogens is 515 g/mol. The minimum atomic E-state index is -4.60. The van der Waals surface area contributed by atoms with E-state index >= 15 is 0 Å². The van der Waals surface area contributed by atoms with E-state index in [2.05, 4.69) is 4.74 Å². The molecule has 0 radical (unpaired) electrons. The van der Waals surface area contributed by atoms with Gasteiger partial charge in [0.15, 0.2) is 23.1 Å². The molecule has 0 aliphatic heterocycles. The van der Waals surface area contributed by atoms with E-state index in [1.807, 2.05) is 54.5 Å². The average molecular weight is 557 g/mol. The van der Waals surface area contributed by atoms with Crippen LogP contribution >= 0.6 is 0 Å². The summed E-state index contributed by atoms with van der Waals surface area (Å²) in [5.41, 5.74) is 2.68. The second-order valence-corrected chi connectivity index (χ2v) is 8.11. The van der Waals surface area contributed by atoms with Crippen molar-refractivity contribution in [2.45, 2.75) is 73.6 Å². The largest absolute Gasteiger partial charge is 0.573 e. The molecule has 0 aromatic heterocycles. The molecule has 0 heterocycles. The van der Waals surface area contributed by atoms with Gasteiger partial charge in [-0.05, 0) is 72.7 Å². The molecule has 0 aliphatic carbocycles. The van der Waals surface area contributed by atoms with Crippen LogP contribution < -0.4 is 14.2 Å². The molecule has 3 nitrogen and oxygen atoms in total. The molecule has 3 aromatic carbocycles. The lowest BCUT2D eigenvalue weighted by Crippen LogP contribution is -2.16. The molecule has 0 bridgehead atoms. The number of ether oxygens (including phenoxy) is 3. The molecule has 0 fully saturated rings. The summed E-state index contributed by atoms with van der Waals surface area (Å²) in [7, 11) is 1.47. The van der Waals surface area contributed by atoms with Gasteiger partial charge < -0.3 is 14.2 Å². The standard InChI is InChI=1S/C11H15FO.C9H9F3O.C9H11FO.C2H6/c1-4-13-11-6-5-9(8(2)3)7-10(11)12;1-2-7-3-5-8(6-4-7)13-9(10,11)12;1-3-7-5-4-6-8(11-2)9(7)10;1-2/h5-8H,4H2,1-3H3;3-6H,2H2,1H3;4-6H,3H2,1-2H3;1-2H3. The summed E-state index contributed by atoms with van der Waals surface area (Å²) in [5, 5.41) is 0. The van der Waals surface area contributed by atoms with Crippen molar-refractivity contribution < 1.29 is 36.2 Å². The Balaban J connectivity index is 0.000000540. The Kier molecular flexibility index (Phi) is 17.3. The van der Waals surface area contributed by atoms with Crippen LogP contribution in [0.3, 0.4) is 0 Å². The van der Waals surface area contributed by atoms with Gasteiger partial charge in [-0.15, -0.1) is 13.2 Å². The third kappa shape index (κ3) is 13.9. The smallest absolute Gasteiger partial charge is 0.494 e. The van der Waals surface area contributed by atoms with E-state index in [1.165, 1.54) is 25.3 Å². The predicted octanol–water partition coefficient (Wildman–Crippen LogP) is 9.92. The Labute approximate surface area is 229 Å². The van der Waals surface area contributed by atoms with Gasteiger partial charge in [0.2, 0.25) is 0 Å². The van der Waals surface area contributed by atoms with E-state index in [0.717, 1.165) is 17.5 Å². The highest BCUT2D eigenvalue weighted by Crippen LogP contribution is 2.24. The highest BCUT2D eigenvalue weighted by Gasteiger charge is 2.30. The van der Waals surface area contributed by atoms with Crippen LogP contribution in [0.5, 0.6) is 17.2 Å². The topological polar surface area (TPSA) is 27.7 Å². The average Bonchev–Trinajstić information content (AvgIpc) is 2.91. The van der Waals surface area contributed by atoms with Crippen LogP contribution in [0.2, 0.25) is 0 Å². The van der Waals surface area contributed by atoms with Crippen molar-refractivity contribution in [1.82, 2.24) is 0 Å². The molecule has 39 heavy (non-hydrogen) atoms. The third-order valence-corrected chi connectivity index (χ3v) is 5.13. The summed E-state index contributed by atoms with van der Waals surface area (Å²) in [4.78, 5) is 0. The van der Waals surface area contributed by atoms with Crippen molar-refractivity contribution in [3.05, 3.63) is 89.0 Å². The first-order chi connectivity index (χ1) is 18.4. The van der Waals surface area contributed by atoms with Crippen molar-refractivity contribution in [2.75, 3.05) is 13.7 Å². The zero-order chi connectivity index (χ0) is 30.0. The van der Waals surface area contributed by atoms with E-state index in [-0.39, 0.29) is 17.4 Å². The maximum Gasteiger partial charge on any atom is 0.573 e. The fraction of sp³-hybridized carbons (Fsp3) is 0.419. The summed E-state index contributed by atoms with van der Waals surface area (Å²) >= 11 is 0. The van der Waals surface area contributed by atoms with Gasteiger partial charge in [0.25, 0.3) is 0 Å². The number of hydrogen-bond acceptors (Lipinski definition) is 3. The number of alkyl halides is 3. The van der Waals surface area contributed by atoms with Gasteiger partial charge in [-0.25, -0.2) is 8.78 Å². The molecule has 3 rings (SSSR count). The maximum absolute atomic E-state index is 13.3. The number of aryl methyl sites for hydroxylation is 2. The second-order valence-electron chi connectivity index (χ2n) is 8.11. The third-order valence-electron chi connectivity index (χ3n) is 5.13. The molecule has 0 N–H and O–H groups in total. The van der Waals surface area contributed by atoms with Gasteiger partial charge >= 0.3 is 6.36 Å². The van der Waals surface area contributed by atoms with Crippen LogP contribution in [0.1, 0.15) is 71.1 Å². The van der Waals surface area contributed by atoms with Crippen LogP contribution in [-0.4, -0.2) is 20.1 Å². The number of hydrogen-bond donors (Lipinski definition) is 0. The fourth-order valence-electron chi connectivity index (χ4n) is 3.06. The van der Waals surface area contributed by atoms with Gasteiger partial charge in [-0.2, -0.15) is 0 Å². The quantitative estimate of drug-likeness (QED) is 0.271. The number of benzene rings is 3. The van der Waals surface area contributed by atoms with Crippen LogP contribution in [0.25, 0.3) is 0 Å². The lowest BCUT2D eigenvalue weighted by Gasteiger charge is -2.08. The summed E-state index contributed by atoms with van der Waals surface area (Å²) in [6.45, 7) is 14.3. The number of methoxy groups -OCH3 is 1. The molecule has 8 heteroatoms. The zero-order valence-corrected chi connectivity index (χ0v) is 24.1. The van der Waals surface area contributed by atoms with Gasteiger partial charge in [-0.1, -0.05) is 71.9 Å². The van der Waals surface area contributed by atoms with Gasteiger partial charge in [0.05, 0.1) is 13.7 Å². The minimum Gasteiger partial charge on any atom is -0.494 e. The molecule has 0 spiro atoms. The van der Waals surface area contributed by atoms with Crippen LogP contribution in [0, 0.1) is 11.6 Å². The van der Waals surface area contributed by atoms with Crippen LogP contribution in [0.4, 0.5) is 22.0 Å². The van der Waals surface area contributed by atoms with Crippen LogP contribution in [0.15, 0.2) is 60.7 Å². The molecule has 3 aromatic rings. The summed E-state index contributed by atoms with van der Waals surface area (Å²) in [5.74, 6) is 0.330. The van der Waals surface area contributed by atoms with Crippen molar-refractivity contribution in [1.29, 1.82) is 0 Å². The molecular formula is C31H41F5O3. The molecule has 0 aliphatic rings. The Bertz CT molecular complexity index is 1040. The molecule has 0 saturated heterocycles. The van der Waals surface area contributed by atoms with Crippen molar-refractivity contribution in [3.63, 3.8) is 0 Å². The number of halogens is 5. The molecule has 0 atom stereocenters. The Morgan fingerprint density at radius 3 is 1.85 bits per heavy atom. The van der Waals surface area contributed by atoms with E-state index in [1.54, 1.807) is 36.4 Å². The zero-order valence-electron chi connectivity index (χ0n) is 24.1. The molecule has 0 unspecified atom stereocenters. The van der Waals surface area contributed by atoms with E-state index in [0.29, 0.717) is 36.0 Å². The Hall–Kier alpha value is -3.29. The van der Waals surface area contributed by atoms with Crippen LogP contribution in [-0.2, 0) is 12.8 Å². The summed E-state index contributed by atoms with van der Waals surface area (Å²) < 4.78 is 75.1. The minimum absolute atomic E-state index is 0.176. The summed E-state index contributed by atoms with van der Waals surface area (Å²) in [6.07, 6.45) is -3.11. The molecule has 0 saturated carbocycles. The number of rotatable bonds is 7. The fourth-order valence-corrected chi connectivity index (χ4v) is 3.06. The highest BCUT2D eigenvalue weighted by molar-refractivity contribution is 5.31. The van der Waals surface area contributed by atoms with Crippen molar-refractivity contribution >= 4 is 0 Å². The Morgan fingerprint density at radius 1 is 0.795 bits per heavy atom. The Morgan fingerprint density at radius 2 is 1.41 bits per heavy atom. The SMILES string of the molecule is CC.CCOc1ccc(C(C)C)cc1F.CCc1ccc(OC(F)(F)F)cc1.CCc1cccc(OC)c1F. The molecule has 218 valence electrons.